The van der Waals surface area contributed by atoms with Crippen LogP contribution in [0.25, 0.3) is 22.0 Å². The predicted octanol–water partition coefficient (Wildman–Crippen LogP) is 1.56. The monoisotopic (exact) mass is 772 g/mol. The van der Waals surface area contributed by atoms with Crippen molar-refractivity contribution in [3.8, 4) is 11.1 Å². The zero-order chi connectivity index (χ0) is 37.3. The molecule has 1 aliphatic rings. The Bertz CT molecular complexity index is 2680. The Morgan fingerprint density at radius 1 is 0.740 bits per heavy atom. The highest BCUT2D eigenvalue weighted by molar-refractivity contribution is 7.91. The number of fused-ring (bicyclic) bond motifs is 2. The number of benzene rings is 3. The van der Waals surface area contributed by atoms with Gasteiger partial charge in [-0.1, -0.05) is 24.3 Å². The minimum absolute atomic E-state index is 0.188. The Labute approximate surface area is 280 Å². The fraction of sp³-hybridized carbons (Fsp3) is 0.111. The van der Waals surface area contributed by atoms with Gasteiger partial charge in [-0.15, -0.1) is 0 Å². The number of hydrogen-bond donors (Lipinski definition) is 7. The van der Waals surface area contributed by atoms with Crippen molar-refractivity contribution >= 4 is 80.2 Å². The molecule has 0 fully saturated rings. The maximum atomic E-state index is 14.0. The first-order chi connectivity index (χ1) is 22.9. The van der Waals surface area contributed by atoms with E-state index in [1.807, 2.05) is 4.98 Å². The molecule has 1 heterocycles. The van der Waals surface area contributed by atoms with Gasteiger partial charge < -0.3 is 20.5 Å². The lowest BCUT2D eigenvalue weighted by Gasteiger charge is -2.25. The molecule has 0 spiro atoms. The van der Waals surface area contributed by atoms with E-state index in [9.17, 15) is 71.6 Å². The number of sulfone groups is 1. The highest BCUT2D eigenvalue weighted by atomic mass is 32.2. The molecule has 23 heteroatoms. The molecule has 3 aromatic carbocycles. The van der Waals surface area contributed by atoms with Crippen LogP contribution in [-0.4, -0.2) is 86.0 Å². The third kappa shape index (κ3) is 6.37. The van der Waals surface area contributed by atoms with Crippen LogP contribution in [0, 0.1) is 0 Å². The standard InChI is InChI=1S/C27H20N2O17S4/c30-18(31)6-3-7-47(36,37)11-8-15(48(38,39)40)23(16(9-11)49(41,42)43)28-14-10-17(50(44,45)46)24-21-19(22(27(34)35)26(33)29-24)12-4-1-2-5-13(12)25(32)20(14)21/h1-2,4-5,8-10,28H,3,6-7H2,(H,29,33)(H,30,31)(H,34,35)(H,38,39,40)(H,41,42,43)(H,44,45,46). The summed E-state index contributed by atoms with van der Waals surface area (Å²) >= 11 is 0. The zero-order valence-corrected chi connectivity index (χ0v) is 27.7. The molecule has 0 bridgehead atoms. The Balaban J connectivity index is 1.95. The number of ketones is 1. The van der Waals surface area contributed by atoms with Gasteiger partial charge in [0.05, 0.1) is 33.1 Å². The molecule has 50 heavy (non-hydrogen) atoms. The molecule has 5 rings (SSSR count). The van der Waals surface area contributed by atoms with Crippen molar-refractivity contribution in [3.05, 3.63) is 69.5 Å². The second-order valence-electron chi connectivity index (χ2n) is 10.6. The van der Waals surface area contributed by atoms with Crippen LogP contribution in [0.1, 0.15) is 39.1 Å². The number of carbonyl (C=O) groups is 3. The van der Waals surface area contributed by atoms with E-state index in [-0.39, 0.29) is 23.3 Å². The van der Waals surface area contributed by atoms with Crippen molar-refractivity contribution in [1.29, 1.82) is 0 Å². The molecule has 19 nitrogen and oxygen atoms in total. The zero-order valence-electron chi connectivity index (χ0n) is 24.4. The van der Waals surface area contributed by atoms with Crippen molar-refractivity contribution in [2.75, 3.05) is 11.1 Å². The molecule has 1 aromatic heterocycles. The van der Waals surface area contributed by atoms with E-state index < -0.39 is 141 Å². The van der Waals surface area contributed by atoms with Crippen LogP contribution in [0.5, 0.6) is 0 Å². The lowest BCUT2D eigenvalue weighted by Crippen LogP contribution is -2.24. The summed E-state index contributed by atoms with van der Waals surface area (Å²) in [5.74, 6) is -5.28. The number of carboxylic acids is 2. The summed E-state index contributed by atoms with van der Waals surface area (Å²) in [6, 6.07) is 5.97. The van der Waals surface area contributed by atoms with Gasteiger partial charge in [-0.05, 0) is 30.2 Å². The van der Waals surface area contributed by atoms with E-state index in [1.54, 1.807) is 0 Å². The van der Waals surface area contributed by atoms with Gasteiger partial charge in [0.25, 0.3) is 35.9 Å². The van der Waals surface area contributed by atoms with E-state index >= 15 is 0 Å². The summed E-state index contributed by atoms with van der Waals surface area (Å²) in [6.45, 7) is 0. The van der Waals surface area contributed by atoms with Gasteiger partial charge in [0.1, 0.15) is 20.2 Å². The number of aromatic amines is 1. The largest absolute Gasteiger partial charge is 0.481 e. The van der Waals surface area contributed by atoms with Crippen LogP contribution in [0.3, 0.4) is 0 Å². The van der Waals surface area contributed by atoms with Crippen molar-refractivity contribution < 1.29 is 71.9 Å². The molecule has 0 radical (unpaired) electrons. The summed E-state index contributed by atoms with van der Waals surface area (Å²) in [7, 11) is -21.6. The number of H-pyrrole nitrogens is 1. The summed E-state index contributed by atoms with van der Waals surface area (Å²) in [6.07, 6.45) is -1.21. The number of pyridine rings is 1. The maximum absolute atomic E-state index is 14.0. The molecular weight excluding hydrogens is 753 g/mol. The van der Waals surface area contributed by atoms with Gasteiger partial charge in [-0.3, -0.25) is 28.0 Å². The van der Waals surface area contributed by atoms with E-state index in [2.05, 4.69) is 5.32 Å². The molecule has 0 atom stereocenters. The molecule has 264 valence electrons. The Hall–Kier alpha value is -5.04. The third-order valence-corrected chi connectivity index (χ3v) is 11.8. The van der Waals surface area contributed by atoms with E-state index in [0.717, 1.165) is 0 Å². The molecule has 4 aromatic rings. The first-order valence-electron chi connectivity index (χ1n) is 13.4. The number of rotatable bonds is 11. The number of carbonyl (C=O) groups excluding carboxylic acids is 1. The van der Waals surface area contributed by atoms with Crippen LogP contribution in [0.2, 0.25) is 0 Å². The molecule has 0 amide bonds. The predicted molar refractivity (Wildman–Crippen MR) is 168 cm³/mol. The van der Waals surface area contributed by atoms with Gasteiger partial charge in [-0.25, -0.2) is 13.2 Å². The number of aromatic carboxylic acids is 1. The number of carboxylic acid groups (broad SMARTS) is 2. The summed E-state index contributed by atoms with van der Waals surface area (Å²) < 4.78 is 132. The Morgan fingerprint density at radius 2 is 1.28 bits per heavy atom. The van der Waals surface area contributed by atoms with Gasteiger partial charge in [0, 0.05) is 22.9 Å². The van der Waals surface area contributed by atoms with Crippen LogP contribution in [-0.2, 0) is 45.0 Å². The van der Waals surface area contributed by atoms with Gasteiger partial charge in [0.2, 0.25) is 0 Å². The fourth-order valence-corrected chi connectivity index (χ4v) is 9.07. The third-order valence-electron chi connectivity index (χ3n) is 7.43. The first-order valence-corrected chi connectivity index (χ1v) is 19.4. The van der Waals surface area contributed by atoms with Gasteiger partial charge >= 0.3 is 11.9 Å². The highest BCUT2D eigenvalue weighted by Gasteiger charge is 2.37. The van der Waals surface area contributed by atoms with Crippen molar-refractivity contribution in [2.24, 2.45) is 0 Å². The average molecular weight is 773 g/mol. The van der Waals surface area contributed by atoms with Crippen LogP contribution < -0.4 is 10.9 Å². The normalized spacial score (nSPS) is 13.2. The molecular formula is C27H20N2O17S4. The fourth-order valence-electron chi connectivity index (χ4n) is 5.43. The lowest BCUT2D eigenvalue weighted by atomic mass is 9.81. The summed E-state index contributed by atoms with van der Waals surface area (Å²) in [5, 5.41) is 20.3. The quantitative estimate of drug-likeness (QED) is 0.0936. The molecule has 7 N–H and O–H groups in total. The Kier molecular flexibility index (Phi) is 8.76. The molecule has 0 saturated carbocycles. The highest BCUT2D eigenvalue weighted by Crippen LogP contribution is 2.46. The van der Waals surface area contributed by atoms with Crippen molar-refractivity contribution in [1.82, 2.24) is 4.98 Å². The molecule has 1 aliphatic carbocycles. The van der Waals surface area contributed by atoms with Crippen LogP contribution in [0.4, 0.5) is 11.4 Å². The molecule has 0 saturated heterocycles. The first kappa shape index (κ1) is 36.2. The van der Waals surface area contributed by atoms with Gasteiger partial charge in [-0.2, -0.15) is 25.3 Å². The minimum Gasteiger partial charge on any atom is -0.481 e. The van der Waals surface area contributed by atoms with Crippen molar-refractivity contribution in [3.63, 3.8) is 0 Å². The second-order valence-corrected chi connectivity index (χ2v) is 16.9. The van der Waals surface area contributed by atoms with Crippen LogP contribution >= 0.6 is 0 Å². The van der Waals surface area contributed by atoms with Crippen LogP contribution in [0.15, 0.2) is 66.8 Å². The number of aromatic nitrogens is 1. The summed E-state index contributed by atoms with van der Waals surface area (Å²) in [5.41, 5.74) is -7.18. The number of nitrogens with one attached hydrogen (secondary N) is 2. The second kappa shape index (κ2) is 12.1. The topological polar surface area (TPSA) is 334 Å². The van der Waals surface area contributed by atoms with Crippen molar-refractivity contribution in [2.45, 2.75) is 32.4 Å². The number of anilines is 2. The smallest absolute Gasteiger partial charge is 0.342 e. The Morgan fingerprint density at radius 3 is 1.78 bits per heavy atom. The van der Waals surface area contributed by atoms with E-state index in [1.165, 1.54) is 24.3 Å². The molecule has 0 unspecified atom stereocenters. The minimum atomic E-state index is -5.71. The number of aliphatic carboxylic acids is 1. The van der Waals surface area contributed by atoms with E-state index in [4.69, 9.17) is 5.11 Å². The average Bonchev–Trinajstić information content (AvgIpc) is 2.97. The van der Waals surface area contributed by atoms with Gasteiger partial charge in [0.15, 0.2) is 15.6 Å². The summed E-state index contributed by atoms with van der Waals surface area (Å²) in [4.78, 5) is 46.6. The number of hydrogen-bond acceptors (Lipinski definition) is 13. The SMILES string of the molecule is O=C(O)CCCS(=O)(=O)c1cc(S(=O)(=O)O)c(Nc2cc(S(=O)(=O)O)c3[nH]c(=O)c(C(=O)O)c4c3c2C(=O)c2ccccc2-4)c(S(=O)(=O)O)c1. The molecule has 0 aliphatic heterocycles. The van der Waals surface area contributed by atoms with E-state index in [0.29, 0.717) is 6.07 Å². The maximum Gasteiger partial charge on any atom is 0.342 e. The lowest BCUT2D eigenvalue weighted by molar-refractivity contribution is -0.137.